The zero-order chi connectivity index (χ0) is 13.1. The van der Waals surface area contributed by atoms with Crippen LogP contribution in [0.5, 0.6) is 0 Å². The van der Waals surface area contributed by atoms with Crippen molar-refractivity contribution in [2.24, 2.45) is 5.73 Å². The standard InChI is InChI=1S/C14H16BrN3/c1-9(16)6-14-17-10(2)7-13(18-14)11-4-3-5-12(15)8-11/h3-5,7-9H,6,16H2,1-2H3. The number of aromatic nitrogens is 2. The number of halogens is 1. The Bertz CT molecular complexity index is 552. The molecule has 0 amide bonds. The van der Waals surface area contributed by atoms with Gasteiger partial charge >= 0.3 is 0 Å². The van der Waals surface area contributed by atoms with Gasteiger partial charge in [0.2, 0.25) is 0 Å². The molecule has 18 heavy (non-hydrogen) atoms. The molecule has 0 saturated carbocycles. The van der Waals surface area contributed by atoms with Crippen LogP contribution >= 0.6 is 15.9 Å². The maximum Gasteiger partial charge on any atom is 0.130 e. The van der Waals surface area contributed by atoms with E-state index < -0.39 is 0 Å². The van der Waals surface area contributed by atoms with Crippen LogP contribution in [0.15, 0.2) is 34.8 Å². The Hall–Kier alpha value is -1.26. The first-order valence-corrected chi connectivity index (χ1v) is 6.70. The number of benzene rings is 1. The van der Waals surface area contributed by atoms with Crippen LogP contribution in [0.1, 0.15) is 18.4 Å². The first-order valence-electron chi connectivity index (χ1n) is 5.90. The Labute approximate surface area is 116 Å². The largest absolute Gasteiger partial charge is 0.328 e. The van der Waals surface area contributed by atoms with Crippen molar-refractivity contribution in [2.75, 3.05) is 0 Å². The number of hydrogen-bond acceptors (Lipinski definition) is 3. The Morgan fingerprint density at radius 1 is 1.28 bits per heavy atom. The molecule has 1 unspecified atom stereocenters. The molecule has 1 aromatic heterocycles. The van der Waals surface area contributed by atoms with Crippen LogP contribution < -0.4 is 5.73 Å². The van der Waals surface area contributed by atoms with E-state index in [2.05, 4.69) is 32.0 Å². The first kappa shape index (κ1) is 13.2. The van der Waals surface area contributed by atoms with Crippen LogP contribution in [0, 0.1) is 6.92 Å². The number of nitrogens with zero attached hydrogens (tertiary/aromatic N) is 2. The molecular weight excluding hydrogens is 290 g/mol. The second-order valence-corrected chi connectivity index (χ2v) is 5.42. The lowest BCUT2D eigenvalue weighted by Gasteiger charge is -2.08. The molecule has 94 valence electrons. The van der Waals surface area contributed by atoms with Gasteiger partial charge in [0.15, 0.2) is 0 Å². The van der Waals surface area contributed by atoms with Gasteiger partial charge in [-0.15, -0.1) is 0 Å². The van der Waals surface area contributed by atoms with Gasteiger partial charge in [-0.05, 0) is 32.0 Å². The predicted molar refractivity (Wildman–Crippen MR) is 77.3 cm³/mol. The molecule has 0 spiro atoms. The zero-order valence-electron chi connectivity index (χ0n) is 10.5. The monoisotopic (exact) mass is 305 g/mol. The summed E-state index contributed by atoms with van der Waals surface area (Å²) in [5.41, 5.74) is 8.80. The van der Waals surface area contributed by atoms with Crippen LogP contribution in [0.25, 0.3) is 11.3 Å². The second-order valence-electron chi connectivity index (χ2n) is 4.50. The summed E-state index contributed by atoms with van der Waals surface area (Å²) >= 11 is 3.47. The SMILES string of the molecule is Cc1cc(-c2cccc(Br)c2)nc(CC(C)N)n1. The van der Waals surface area contributed by atoms with Crippen molar-refractivity contribution in [2.45, 2.75) is 26.3 Å². The summed E-state index contributed by atoms with van der Waals surface area (Å²) in [6, 6.07) is 10.2. The summed E-state index contributed by atoms with van der Waals surface area (Å²) in [7, 11) is 0. The summed E-state index contributed by atoms with van der Waals surface area (Å²) in [5, 5.41) is 0. The number of hydrogen-bond donors (Lipinski definition) is 1. The van der Waals surface area contributed by atoms with Gasteiger partial charge < -0.3 is 5.73 Å². The summed E-state index contributed by atoms with van der Waals surface area (Å²) in [6.07, 6.45) is 0.697. The molecule has 1 heterocycles. The highest BCUT2D eigenvalue weighted by Gasteiger charge is 2.07. The average molecular weight is 306 g/mol. The highest BCUT2D eigenvalue weighted by Crippen LogP contribution is 2.22. The van der Waals surface area contributed by atoms with E-state index >= 15 is 0 Å². The van der Waals surface area contributed by atoms with Crippen molar-refractivity contribution < 1.29 is 0 Å². The van der Waals surface area contributed by atoms with Gasteiger partial charge in [-0.1, -0.05) is 28.1 Å². The smallest absolute Gasteiger partial charge is 0.130 e. The molecule has 0 aliphatic rings. The summed E-state index contributed by atoms with van der Waals surface area (Å²) in [4.78, 5) is 8.99. The van der Waals surface area contributed by atoms with E-state index in [0.29, 0.717) is 6.42 Å². The highest BCUT2D eigenvalue weighted by molar-refractivity contribution is 9.10. The number of nitrogens with two attached hydrogens (primary N) is 1. The van der Waals surface area contributed by atoms with Gasteiger partial charge in [0.1, 0.15) is 5.82 Å². The van der Waals surface area contributed by atoms with Crippen LogP contribution in [0.4, 0.5) is 0 Å². The van der Waals surface area contributed by atoms with Gasteiger partial charge in [-0.3, -0.25) is 0 Å². The van der Waals surface area contributed by atoms with E-state index in [1.807, 2.05) is 38.1 Å². The van der Waals surface area contributed by atoms with Crippen molar-refractivity contribution in [3.63, 3.8) is 0 Å². The summed E-state index contributed by atoms with van der Waals surface area (Å²) in [6.45, 7) is 3.94. The minimum absolute atomic E-state index is 0.0714. The van der Waals surface area contributed by atoms with Crippen LogP contribution in [0.3, 0.4) is 0 Å². The van der Waals surface area contributed by atoms with Crippen LogP contribution in [-0.2, 0) is 6.42 Å². The highest BCUT2D eigenvalue weighted by atomic mass is 79.9. The number of rotatable bonds is 3. The Morgan fingerprint density at radius 2 is 2.06 bits per heavy atom. The van der Waals surface area contributed by atoms with Crippen molar-refractivity contribution in [1.29, 1.82) is 0 Å². The quantitative estimate of drug-likeness (QED) is 0.948. The lowest BCUT2D eigenvalue weighted by Crippen LogP contribution is -2.19. The molecule has 0 fully saturated rings. The maximum absolute atomic E-state index is 5.80. The Kier molecular flexibility index (Phi) is 4.09. The fourth-order valence-corrected chi connectivity index (χ4v) is 2.20. The van der Waals surface area contributed by atoms with Gasteiger partial charge in [-0.25, -0.2) is 9.97 Å². The van der Waals surface area contributed by atoms with Crippen LogP contribution in [0.2, 0.25) is 0 Å². The fourth-order valence-electron chi connectivity index (χ4n) is 1.80. The molecule has 2 rings (SSSR count). The molecule has 2 aromatic rings. The van der Waals surface area contributed by atoms with E-state index in [-0.39, 0.29) is 6.04 Å². The van der Waals surface area contributed by atoms with E-state index in [4.69, 9.17) is 5.73 Å². The third-order valence-corrected chi connectivity index (χ3v) is 3.02. The molecule has 3 nitrogen and oxygen atoms in total. The average Bonchev–Trinajstić information content (AvgIpc) is 2.27. The minimum atomic E-state index is 0.0714. The van der Waals surface area contributed by atoms with E-state index in [1.54, 1.807) is 0 Å². The van der Waals surface area contributed by atoms with Gasteiger partial charge in [0, 0.05) is 28.2 Å². The summed E-state index contributed by atoms with van der Waals surface area (Å²) < 4.78 is 1.05. The Morgan fingerprint density at radius 3 is 2.72 bits per heavy atom. The molecule has 1 aromatic carbocycles. The normalized spacial score (nSPS) is 12.4. The third kappa shape index (κ3) is 3.37. The maximum atomic E-state index is 5.80. The molecular formula is C14H16BrN3. The zero-order valence-corrected chi connectivity index (χ0v) is 12.1. The van der Waals surface area contributed by atoms with Crippen molar-refractivity contribution >= 4 is 15.9 Å². The molecule has 1 atom stereocenters. The van der Waals surface area contributed by atoms with Gasteiger partial charge in [0.05, 0.1) is 5.69 Å². The van der Waals surface area contributed by atoms with Crippen molar-refractivity contribution in [3.05, 3.63) is 46.3 Å². The number of aryl methyl sites for hydroxylation is 1. The van der Waals surface area contributed by atoms with Gasteiger partial charge in [-0.2, -0.15) is 0 Å². The molecule has 0 bridgehead atoms. The molecule has 2 N–H and O–H groups in total. The van der Waals surface area contributed by atoms with Crippen LogP contribution in [-0.4, -0.2) is 16.0 Å². The minimum Gasteiger partial charge on any atom is -0.328 e. The second kappa shape index (κ2) is 5.59. The molecule has 0 radical (unpaired) electrons. The first-order chi connectivity index (χ1) is 8.54. The van der Waals surface area contributed by atoms with Crippen molar-refractivity contribution in [1.82, 2.24) is 9.97 Å². The molecule has 0 aliphatic carbocycles. The summed E-state index contributed by atoms with van der Waals surface area (Å²) in [5.74, 6) is 0.806. The lowest BCUT2D eigenvalue weighted by atomic mass is 10.1. The molecule has 0 saturated heterocycles. The molecule has 0 aliphatic heterocycles. The topological polar surface area (TPSA) is 51.8 Å². The van der Waals surface area contributed by atoms with E-state index in [9.17, 15) is 0 Å². The van der Waals surface area contributed by atoms with E-state index in [1.165, 1.54) is 0 Å². The fraction of sp³-hybridized carbons (Fsp3) is 0.286. The molecule has 4 heteroatoms. The van der Waals surface area contributed by atoms with Gasteiger partial charge in [0.25, 0.3) is 0 Å². The third-order valence-electron chi connectivity index (χ3n) is 2.53. The van der Waals surface area contributed by atoms with Crippen molar-refractivity contribution in [3.8, 4) is 11.3 Å². The Balaban J connectivity index is 2.41. The predicted octanol–water partition coefficient (Wildman–Crippen LogP) is 3.10. The lowest BCUT2D eigenvalue weighted by molar-refractivity contribution is 0.700. The van der Waals surface area contributed by atoms with E-state index in [0.717, 1.165) is 27.2 Å².